The molecule has 0 radical (unpaired) electrons. The third-order valence-electron chi connectivity index (χ3n) is 2.82. The summed E-state index contributed by atoms with van der Waals surface area (Å²) in [6, 6.07) is 11.7. The van der Waals surface area contributed by atoms with E-state index in [4.69, 9.17) is 11.0 Å². The first-order valence-corrected chi connectivity index (χ1v) is 7.45. The number of nitrogens with zero attached hydrogens (tertiary/aromatic N) is 1. The number of nitrogens with two attached hydrogens (primary N) is 1. The van der Waals surface area contributed by atoms with Crippen LogP contribution < -0.4 is 10.5 Å². The first-order valence-electron chi connectivity index (χ1n) is 5.97. The van der Waals surface area contributed by atoms with Gasteiger partial charge in [0.15, 0.2) is 0 Å². The van der Waals surface area contributed by atoms with Crippen molar-refractivity contribution in [2.45, 2.75) is 11.4 Å². The molecule has 0 saturated heterocycles. The molecule has 2 aromatic rings. The van der Waals surface area contributed by atoms with Gasteiger partial charge in [-0.25, -0.2) is 17.5 Å². The van der Waals surface area contributed by atoms with E-state index in [1.807, 2.05) is 0 Å². The van der Waals surface area contributed by atoms with Gasteiger partial charge >= 0.3 is 0 Å². The predicted octanol–water partition coefficient (Wildman–Crippen LogP) is 1.76. The summed E-state index contributed by atoms with van der Waals surface area (Å²) in [5.41, 5.74) is 6.30. The van der Waals surface area contributed by atoms with Crippen molar-refractivity contribution in [3.8, 4) is 6.07 Å². The molecular formula is C14H12FN3O2S. The molecule has 0 unspecified atom stereocenters. The Kier molecular flexibility index (Phi) is 4.21. The minimum Gasteiger partial charge on any atom is -0.399 e. The van der Waals surface area contributed by atoms with Crippen molar-refractivity contribution in [2.75, 3.05) is 5.73 Å². The van der Waals surface area contributed by atoms with E-state index >= 15 is 0 Å². The van der Waals surface area contributed by atoms with Gasteiger partial charge < -0.3 is 5.73 Å². The summed E-state index contributed by atoms with van der Waals surface area (Å²) in [5.74, 6) is -0.868. The highest BCUT2D eigenvalue weighted by molar-refractivity contribution is 7.89. The Morgan fingerprint density at radius 1 is 1.19 bits per heavy atom. The molecule has 0 aliphatic carbocycles. The van der Waals surface area contributed by atoms with Gasteiger partial charge in [-0.15, -0.1) is 0 Å². The molecule has 2 rings (SSSR count). The zero-order chi connectivity index (χ0) is 15.5. The molecule has 0 saturated carbocycles. The largest absolute Gasteiger partial charge is 0.399 e. The van der Waals surface area contributed by atoms with Gasteiger partial charge in [0.1, 0.15) is 22.3 Å². The minimum atomic E-state index is -3.98. The Labute approximate surface area is 121 Å². The Hall–Kier alpha value is -2.43. The molecule has 21 heavy (non-hydrogen) atoms. The molecule has 7 heteroatoms. The minimum absolute atomic E-state index is 0.0179. The van der Waals surface area contributed by atoms with E-state index < -0.39 is 21.4 Å². The molecule has 0 fully saturated rings. The number of nitrogen functional groups attached to an aromatic ring is 1. The van der Waals surface area contributed by atoms with Gasteiger partial charge in [-0.2, -0.15) is 5.26 Å². The number of sulfonamides is 1. The van der Waals surface area contributed by atoms with Crippen molar-refractivity contribution < 1.29 is 12.8 Å². The van der Waals surface area contributed by atoms with Gasteiger partial charge in [0.2, 0.25) is 10.0 Å². The first kappa shape index (κ1) is 15.0. The fraction of sp³-hybridized carbons (Fsp3) is 0.0714. The van der Waals surface area contributed by atoms with Crippen molar-refractivity contribution >= 4 is 15.7 Å². The van der Waals surface area contributed by atoms with Crippen molar-refractivity contribution in [3.05, 3.63) is 59.4 Å². The maximum atomic E-state index is 13.5. The van der Waals surface area contributed by atoms with Crippen molar-refractivity contribution in [2.24, 2.45) is 0 Å². The molecule has 0 atom stereocenters. The van der Waals surface area contributed by atoms with E-state index in [9.17, 15) is 12.8 Å². The number of hydrogen-bond acceptors (Lipinski definition) is 4. The van der Waals surface area contributed by atoms with Gasteiger partial charge in [-0.3, -0.25) is 0 Å². The molecule has 5 nitrogen and oxygen atoms in total. The first-order chi connectivity index (χ1) is 9.94. The summed E-state index contributed by atoms with van der Waals surface area (Å²) in [6.45, 7) is 0.0179. The molecule has 3 N–H and O–H groups in total. The fourth-order valence-corrected chi connectivity index (χ4v) is 2.91. The van der Waals surface area contributed by atoms with Gasteiger partial charge in [-0.05, 0) is 29.8 Å². The zero-order valence-electron chi connectivity index (χ0n) is 10.9. The Bertz CT molecular complexity index is 796. The highest BCUT2D eigenvalue weighted by atomic mass is 32.2. The SMILES string of the molecule is N#Cc1c(F)cccc1S(=O)(=O)NCc1ccc(N)cc1. The van der Waals surface area contributed by atoms with Crippen LogP contribution in [0.3, 0.4) is 0 Å². The zero-order valence-corrected chi connectivity index (χ0v) is 11.7. The fourth-order valence-electron chi connectivity index (χ4n) is 1.73. The third-order valence-corrected chi connectivity index (χ3v) is 4.27. The number of hydrogen-bond donors (Lipinski definition) is 2. The number of nitriles is 1. The molecule has 0 spiro atoms. The topological polar surface area (TPSA) is 96.0 Å². The van der Waals surface area contributed by atoms with Crippen LogP contribution in [0.1, 0.15) is 11.1 Å². The number of anilines is 1. The number of halogens is 1. The van der Waals surface area contributed by atoms with E-state index in [1.165, 1.54) is 12.1 Å². The lowest BCUT2D eigenvalue weighted by Crippen LogP contribution is -2.24. The Balaban J connectivity index is 2.25. The molecule has 0 bridgehead atoms. The van der Waals surface area contributed by atoms with Gasteiger partial charge in [-0.1, -0.05) is 18.2 Å². The van der Waals surface area contributed by atoms with Crippen LogP contribution in [-0.2, 0) is 16.6 Å². The average molecular weight is 305 g/mol. The summed E-state index contributed by atoms with van der Waals surface area (Å²) < 4.78 is 40.1. The van der Waals surface area contributed by atoms with E-state index in [-0.39, 0.29) is 11.4 Å². The maximum absolute atomic E-state index is 13.5. The van der Waals surface area contributed by atoms with Crippen LogP contribution in [0.2, 0.25) is 0 Å². The second-order valence-electron chi connectivity index (χ2n) is 4.29. The number of rotatable bonds is 4. The van der Waals surface area contributed by atoms with Gasteiger partial charge in [0, 0.05) is 12.2 Å². The molecule has 0 heterocycles. The second kappa shape index (κ2) is 5.91. The van der Waals surface area contributed by atoms with Crippen LogP contribution in [0.25, 0.3) is 0 Å². The Morgan fingerprint density at radius 3 is 2.48 bits per heavy atom. The molecule has 108 valence electrons. The number of nitrogens with one attached hydrogen (secondary N) is 1. The Morgan fingerprint density at radius 2 is 1.86 bits per heavy atom. The molecule has 0 aliphatic rings. The van der Waals surface area contributed by atoms with E-state index in [0.29, 0.717) is 11.3 Å². The van der Waals surface area contributed by atoms with Crippen LogP contribution in [0.15, 0.2) is 47.4 Å². The van der Waals surface area contributed by atoms with Crippen molar-refractivity contribution in [1.82, 2.24) is 4.72 Å². The van der Waals surface area contributed by atoms with Gasteiger partial charge in [0.25, 0.3) is 0 Å². The van der Waals surface area contributed by atoms with Crippen LogP contribution >= 0.6 is 0 Å². The van der Waals surface area contributed by atoms with Crippen molar-refractivity contribution in [1.29, 1.82) is 5.26 Å². The number of benzene rings is 2. The van der Waals surface area contributed by atoms with E-state index in [2.05, 4.69) is 4.72 Å². The second-order valence-corrected chi connectivity index (χ2v) is 6.03. The van der Waals surface area contributed by atoms with Crippen LogP contribution in [0.4, 0.5) is 10.1 Å². The smallest absolute Gasteiger partial charge is 0.242 e. The average Bonchev–Trinajstić information content (AvgIpc) is 2.46. The quantitative estimate of drug-likeness (QED) is 0.841. The molecular weight excluding hydrogens is 293 g/mol. The van der Waals surface area contributed by atoms with Crippen LogP contribution in [0, 0.1) is 17.1 Å². The molecule has 0 aromatic heterocycles. The summed E-state index contributed by atoms with van der Waals surface area (Å²) in [6.07, 6.45) is 0. The molecule has 2 aromatic carbocycles. The van der Waals surface area contributed by atoms with E-state index in [1.54, 1.807) is 30.3 Å². The predicted molar refractivity (Wildman–Crippen MR) is 76.0 cm³/mol. The standard InChI is InChI=1S/C14H12FN3O2S/c15-13-2-1-3-14(12(13)8-16)21(19,20)18-9-10-4-6-11(17)7-5-10/h1-7,18H,9,17H2. The van der Waals surface area contributed by atoms with Crippen LogP contribution in [-0.4, -0.2) is 8.42 Å². The maximum Gasteiger partial charge on any atom is 0.242 e. The van der Waals surface area contributed by atoms with E-state index in [0.717, 1.165) is 6.07 Å². The highest BCUT2D eigenvalue weighted by Gasteiger charge is 2.20. The summed E-state index contributed by atoms with van der Waals surface area (Å²) in [5, 5.41) is 8.88. The summed E-state index contributed by atoms with van der Waals surface area (Å²) in [7, 11) is -3.98. The van der Waals surface area contributed by atoms with Crippen LogP contribution in [0.5, 0.6) is 0 Å². The lowest BCUT2D eigenvalue weighted by Gasteiger charge is -2.09. The molecule has 0 amide bonds. The normalized spacial score (nSPS) is 11.0. The summed E-state index contributed by atoms with van der Waals surface area (Å²) >= 11 is 0. The lowest BCUT2D eigenvalue weighted by molar-refractivity contribution is 0.576. The van der Waals surface area contributed by atoms with Crippen molar-refractivity contribution in [3.63, 3.8) is 0 Å². The monoisotopic (exact) mass is 305 g/mol. The van der Waals surface area contributed by atoms with Gasteiger partial charge in [0.05, 0.1) is 0 Å². The third kappa shape index (κ3) is 3.37. The molecule has 0 aliphatic heterocycles. The highest BCUT2D eigenvalue weighted by Crippen LogP contribution is 2.18. The summed E-state index contributed by atoms with van der Waals surface area (Å²) in [4.78, 5) is -0.375. The lowest BCUT2D eigenvalue weighted by atomic mass is 10.2.